The van der Waals surface area contributed by atoms with Crippen LogP contribution in [0.5, 0.6) is 0 Å². The summed E-state index contributed by atoms with van der Waals surface area (Å²) in [5, 5.41) is 14.2. The zero-order chi connectivity index (χ0) is 9.97. The van der Waals surface area contributed by atoms with Gasteiger partial charge in [-0.15, -0.1) is 11.3 Å². The summed E-state index contributed by atoms with van der Waals surface area (Å²) in [5.74, 6) is 0.797. The minimum absolute atomic E-state index is 0.375. The van der Waals surface area contributed by atoms with E-state index in [1.165, 1.54) is 6.33 Å². The van der Waals surface area contributed by atoms with E-state index in [2.05, 4.69) is 15.3 Å². The molecule has 0 aromatic carbocycles. The van der Waals surface area contributed by atoms with Gasteiger partial charge in [0, 0.05) is 6.54 Å². The summed E-state index contributed by atoms with van der Waals surface area (Å²) in [5.41, 5.74) is 0.943. The van der Waals surface area contributed by atoms with Gasteiger partial charge in [-0.25, -0.2) is 9.97 Å². The number of aromatic nitrogens is 2. The van der Waals surface area contributed by atoms with Crippen LogP contribution in [0.4, 0.5) is 5.82 Å². The first-order valence-corrected chi connectivity index (χ1v) is 5.25. The molecule has 4 nitrogen and oxygen atoms in total. The van der Waals surface area contributed by atoms with Gasteiger partial charge in [-0.1, -0.05) is 0 Å². The Morgan fingerprint density at radius 3 is 3.21 bits per heavy atom. The van der Waals surface area contributed by atoms with Gasteiger partial charge in [0.25, 0.3) is 0 Å². The number of anilines is 1. The minimum atomic E-state index is -0.375. The number of fused-ring (bicyclic) bond motifs is 1. The van der Waals surface area contributed by atoms with Crippen LogP contribution in [-0.2, 0) is 0 Å². The molecular formula is C9H11N3OS. The summed E-state index contributed by atoms with van der Waals surface area (Å²) in [6.07, 6.45) is 1.15. The Morgan fingerprint density at radius 2 is 2.43 bits per heavy atom. The van der Waals surface area contributed by atoms with E-state index in [9.17, 15) is 0 Å². The molecule has 0 saturated heterocycles. The Morgan fingerprint density at radius 1 is 1.57 bits per heavy atom. The van der Waals surface area contributed by atoms with Crippen molar-refractivity contribution in [3.63, 3.8) is 0 Å². The highest BCUT2D eigenvalue weighted by Gasteiger charge is 2.04. The van der Waals surface area contributed by atoms with Gasteiger partial charge in [-0.2, -0.15) is 0 Å². The topological polar surface area (TPSA) is 58.0 Å². The molecule has 0 bridgehead atoms. The van der Waals surface area contributed by atoms with Gasteiger partial charge < -0.3 is 10.4 Å². The van der Waals surface area contributed by atoms with E-state index in [1.54, 1.807) is 18.3 Å². The molecule has 2 rings (SSSR count). The fourth-order valence-electron chi connectivity index (χ4n) is 1.16. The molecule has 0 aliphatic heterocycles. The Labute approximate surface area is 85.6 Å². The number of nitrogens with one attached hydrogen (secondary N) is 1. The van der Waals surface area contributed by atoms with E-state index in [1.807, 2.05) is 11.4 Å². The number of rotatable bonds is 3. The minimum Gasteiger partial charge on any atom is -0.392 e. The Hall–Kier alpha value is -1.20. The van der Waals surface area contributed by atoms with Crippen LogP contribution in [0.2, 0.25) is 0 Å². The highest BCUT2D eigenvalue weighted by molar-refractivity contribution is 7.17. The third-order valence-electron chi connectivity index (χ3n) is 1.81. The fraction of sp³-hybridized carbons (Fsp3) is 0.333. The van der Waals surface area contributed by atoms with E-state index >= 15 is 0 Å². The van der Waals surface area contributed by atoms with Crippen molar-refractivity contribution in [2.24, 2.45) is 0 Å². The quantitative estimate of drug-likeness (QED) is 0.804. The van der Waals surface area contributed by atoms with Crippen molar-refractivity contribution >= 4 is 27.4 Å². The molecular weight excluding hydrogens is 198 g/mol. The van der Waals surface area contributed by atoms with E-state index < -0.39 is 0 Å². The van der Waals surface area contributed by atoms with Crippen LogP contribution >= 0.6 is 11.3 Å². The van der Waals surface area contributed by atoms with Crippen LogP contribution in [-0.4, -0.2) is 27.7 Å². The number of aliphatic hydroxyl groups is 1. The van der Waals surface area contributed by atoms with Gasteiger partial charge in [0.05, 0.1) is 16.3 Å². The van der Waals surface area contributed by atoms with Crippen LogP contribution in [0.25, 0.3) is 10.2 Å². The average molecular weight is 209 g/mol. The molecule has 2 N–H and O–H groups in total. The number of aliphatic hydroxyl groups excluding tert-OH is 1. The first kappa shape index (κ1) is 9.36. The normalized spacial score (nSPS) is 13.0. The third kappa shape index (κ3) is 1.83. The lowest BCUT2D eigenvalue weighted by atomic mass is 10.4. The maximum atomic E-state index is 9.13. The van der Waals surface area contributed by atoms with E-state index in [0.717, 1.165) is 16.0 Å². The van der Waals surface area contributed by atoms with Gasteiger partial charge in [0.1, 0.15) is 12.1 Å². The number of nitrogens with zero attached hydrogens (tertiary/aromatic N) is 2. The van der Waals surface area contributed by atoms with Crippen molar-refractivity contribution in [2.45, 2.75) is 13.0 Å². The van der Waals surface area contributed by atoms with Crippen LogP contribution in [0.15, 0.2) is 17.8 Å². The molecule has 0 spiro atoms. The lowest BCUT2D eigenvalue weighted by molar-refractivity contribution is 0.208. The highest BCUT2D eigenvalue weighted by atomic mass is 32.1. The van der Waals surface area contributed by atoms with Crippen molar-refractivity contribution in [2.75, 3.05) is 11.9 Å². The first-order chi connectivity index (χ1) is 6.77. The number of hydrogen-bond donors (Lipinski definition) is 2. The van der Waals surface area contributed by atoms with Crippen LogP contribution < -0.4 is 5.32 Å². The van der Waals surface area contributed by atoms with Crippen molar-refractivity contribution in [1.29, 1.82) is 0 Å². The maximum Gasteiger partial charge on any atom is 0.147 e. The summed E-state index contributed by atoms with van der Waals surface area (Å²) in [4.78, 5) is 8.25. The zero-order valence-electron chi connectivity index (χ0n) is 7.77. The van der Waals surface area contributed by atoms with Crippen molar-refractivity contribution in [3.8, 4) is 0 Å². The average Bonchev–Trinajstić information content (AvgIpc) is 2.62. The van der Waals surface area contributed by atoms with E-state index in [0.29, 0.717) is 6.54 Å². The zero-order valence-corrected chi connectivity index (χ0v) is 8.58. The van der Waals surface area contributed by atoms with Crippen LogP contribution in [0.1, 0.15) is 6.92 Å². The van der Waals surface area contributed by atoms with Crippen LogP contribution in [0, 0.1) is 0 Å². The molecule has 1 atom stereocenters. The smallest absolute Gasteiger partial charge is 0.147 e. The monoisotopic (exact) mass is 209 g/mol. The van der Waals surface area contributed by atoms with Gasteiger partial charge >= 0.3 is 0 Å². The molecule has 5 heteroatoms. The summed E-state index contributed by atoms with van der Waals surface area (Å²) < 4.78 is 1.04. The molecule has 74 valence electrons. The van der Waals surface area contributed by atoms with Crippen molar-refractivity contribution < 1.29 is 5.11 Å². The third-order valence-corrected chi connectivity index (χ3v) is 2.72. The molecule has 1 unspecified atom stereocenters. The fourth-order valence-corrected chi connectivity index (χ4v) is 1.97. The lowest BCUT2D eigenvalue weighted by Gasteiger charge is -2.07. The Kier molecular flexibility index (Phi) is 2.60. The summed E-state index contributed by atoms with van der Waals surface area (Å²) in [6.45, 7) is 2.24. The first-order valence-electron chi connectivity index (χ1n) is 4.37. The molecule has 0 saturated carbocycles. The van der Waals surface area contributed by atoms with Crippen LogP contribution in [0.3, 0.4) is 0 Å². The molecule has 2 aromatic rings. The summed E-state index contributed by atoms with van der Waals surface area (Å²) >= 11 is 1.60. The molecule has 2 heterocycles. The molecule has 0 radical (unpaired) electrons. The SMILES string of the molecule is CC(O)CNc1ncnc2ccsc12. The highest BCUT2D eigenvalue weighted by Crippen LogP contribution is 2.24. The number of hydrogen-bond acceptors (Lipinski definition) is 5. The van der Waals surface area contributed by atoms with Crippen molar-refractivity contribution in [1.82, 2.24) is 9.97 Å². The molecule has 0 aliphatic rings. The van der Waals surface area contributed by atoms with E-state index in [-0.39, 0.29) is 6.10 Å². The second-order valence-electron chi connectivity index (χ2n) is 3.09. The molecule has 0 amide bonds. The van der Waals surface area contributed by atoms with E-state index in [4.69, 9.17) is 5.11 Å². The Bertz CT molecular complexity index is 427. The van der Waals surface area contributed by atoms with Gasteiger partial charge in [-0.05, 0) is 18.4 Å². The number of thiophene rings is 1. The summed E-state index contributed by atoms with van der Waals surface area (Å²) in [7, 11) is 0. The predicted octanol–water partition coefficient (Wildman–Crippen LogP) is 1.48. The standard InChI is InChI=1S/C9H11N3OS/c1-6(13)4-10-9-8-7(2-3-14-8)11-5-12-9/h2-3,5-6,13H,4H2,1H3,(H,10,11,12). The van der Waals surface area contributed by atoms with Gasteiger partial charge in [-0.3, -0.25) is 0 Å². The second kappa shape index (κ2) is 3.89. The van der Waals surface area contributed by atoms with Crippen molar-refractivity contribution in [3.05, 3.63) is 17.8 Å². The largest absolute Gasteiger partial charge is 0.392 e. The molecule has 14 heavy (non-hydrogen) atoms. The summed E-state index contributed by atoms with van der Waals surface area (Å²) in [6, 6.07) is 1.95. The van der Waals surface area contributed by atoms with Gasteiger partial charge in [0.15, 0.2) is 0 Å². The van der Waals surface area contributed by atoms with Gasteiger partial charge in [0.2, 0.25) is 0 Å². The second-order valence-corrected chi connectivity index (χ2v) is 4.00. The predicted molar refractivity (Wildman–Crippen MR) is 57.6 cm³/mol. The molecule has 0 aliphatic carbocycles. The lowest BCUT2D eigenvalue weighted by Crippen LogP contribution is -2.16. The molecule has 2 aromatic heterocycles. The Balaban J connectivity index is 2.27. The maximum absolute atomic E-state index is 9.13. The molecule has 0 fully saturated rings.